The van der Waals surface area contributed by atoms with Gasteiger partial charge in [-0.2, -0.15) is 0 Å². The number of aliphatic hydroxyl groups is 1. The second-order valence-electron chi connectivity index (χ2n) is 23.8. The van der Waals surface area contributed by atoms with Crippen LogP contribution in [0.3, 0.4) is 0 Å². The molecule has 0 rings (SSSR count). The summed E-state index contributed by atoms with van der Waals surface area (Å²) in [4.78, 5) is 23.4. The third-order valence-electron chi connectivity index (χ3n) is 14.8. The molecule has 0 saturated heterocycles. The Morgan fingerprint density at radius 1 is 0.438 bits per heavy atom. The molecule has 3 atom stereocenters. The van der Waals surface area contributed by atoms with Crippen LogP contribution in [-0.2, 0) is 18.4 Å². The molecule has 1 amide bonds. The first kappa shape index (κ1) is 77.4. The third-order valence-corrected chi connectivity index (χ3v) is 15.8. The van der Waals surface area contributed by atoms with Gasteiger partial charge >= 0.3 is 7.82 Å². The van der Waals surface area contributed by atoms with Gasteiger partial charge in [0.2, 0.25) is 5.91 Å². The van der Waals surface area contributed by atoms with E-state index >= 15 is 0 Å². The van der Waals surface area contributed by atoms with Crippen LogP contribution >= 0.6 is 7.82 Å². The Bertz CT molecular complexity index is 1620. The number of allylic oxidation sites excluding steroid dienone is 15. The van der Waals surface area contributed by atoms with Crippen molar-refractivity contribution in [2.75, 3.05) is 40.9 Å². The van der Waals surface area contributed by atoms with Gasteiger partial charge < -0.3 is 19.8 Å². The van der Waals surface area contributed by atoms with E-state index in [1.807, 2.05) is 27.2 Å². The van der Waals surface area contributed by atoms with Crippen LogP contribution < -0.4 is 5.32 Å². The van der Waals surface area contributed by atoms with Gasteiger partial charge in [-0.15, -0.1) is 0 Å². The average Bonchev–Trinajstić information content (AvgIpc) is 3.42. The van der Waals surface area contributed by atoms with E-state index in [0.717, 1.165) is 77.0 Å². The van der Waals surface area contributed by atoms with Crippen LogP contribution in [0.5, 0.6) is 0 Å². The van der Waals surface area contributed by atoms with Crippen molar-refractivity contribution in [1.82, 2.24) is 5.32 Å². The van der Waals surface area contributed by atoms with Gasteiger partial charge in [-0.3, -0.25) is 13.8 Å². The van der Waals surface area contributed by atoms with Crippen molar-refractivity contribution in [2.45, 2.75) is 309 Å². The molecule has 0 saturated carbocycles. The molecule has 0 aliphatic carbocycles. The predicted octanol–water partition coefficient (Wildman–Crippen LogP) is 21.3. The first-order valence-corrected chi connectivity index (χ1v) is 35.1. The van der Waals surface area contributed by atoms with Crippen LogP contribution in [0.2, 0.25) is 0 Å². The molecule has 0 aromatic carbocycles. The lowest BCUT2D eigenvalue weighted by molar-refractivity contribution is -0.870. The van der Waals surface area contributed by atoms with E-state index in [9.17, 15) is 19.4 Å². The van der Waals surface area contributed by atoms with Gasteiger partial charge in [-0.25, -0.2) is 4.57 Å². The number of phosphoric ester groups is 1. The number of carbonyl (C=O) groups excluding carboxylic acids is 1. The Kier molecular flexibility index (Phi) is 59.0. The fourth-order valence-corrected chi connectivity index (χ4v) is 10.3. The van der Waals surface area contributed by atoms with Gasteiger partial charge in [0.1, 0.15) is 13.2 Å². The number of phosphoric acid groups is 1. The number of hydrogen-bond donors (Lipinski definition) is 3. The zero-order valence-electron chi connectivity index (χ0n) is 53.0. The van der Waals surface area contributed by atoms with Gasteiger partial charge in [0.25, 0.3) is 0 Å². The summed E-state index contributed by atoms with van der Waals surface area (Å²) >= 11 is 0. The maximum Gasteiger partial charge on any atom is 0.472 e. The summed E-state index contributed by atoms with van der Waals surface area (Å²) in [6.07, 6.45) is 88.3. The molecule has 0 heterocycles. The van der Waals surface area contributed by atoms with E-state index in [4.69, 9.17) is 9.05 Å². The molecule has 0 aliphatic rings. The minimum absolute atomic E-state index is 0.0538. The quantitative estimate of drug-likeness (QED) is 0.0243. The second kappa shape index (κ2) is 61.0. The minimum Gasteiger partial charge on any atom is -0.387 e. The number of nitrogens with one attached hydrogen (secondary N) is 1. The molecule has 3 N–H and O–H groups in total. The van der Waals surface area contributed by atoms with Gasteiger partial charge in [-0.1, -0.05) is 304 Å². The summed E-state index contributed by atoms with van der Waals surface area (Å²) in [6.45, 7) is 4.71. The van der Waals surface area contributed by atoms with Crippen molar-refractivity contribution in [2.24, 2.45) is 0 Å². The normalized spacial score (nSPS) is 14.3. The Balaban J connectivity index is 4.11. The molecular formula is C71H130N2O6P+. The first-order valence-electron chi connectivity index (χ1n) is 33.6. The van der Waals surface area contributed by atoms with Crippen LogP contribution in [-0.4, -0.2) is 73.4 Å². The minimum atomic E-state index is -4.36. The molecular weight excluding hydrogens is 1010 g/mol. The van der Waals surface area contributed by atoms with E-state index < -0.39 is 20.0 Å². The summed E-state index contributed by atoms with van der Waals surface area (Å²) in [7, 11) is 1.56. The Morgan fingerprint density at radius 2 is 0.762 bits per heavy atom. The summed E-state index contributed by atoms with van der Waals surface area (Å²) < 4.78 is 23.8. The van der Waals surface area contributed by atoms with Crippen molar-refractivity contribution < 1.29 is 32.9 Å². The van der Waals surface area contributed by atoms with E-state index in [2.05, 4.69) is 104 Å². The molecule has 80 heavy (non-hydrogen) atoms. The molecule has 0 fully saturated rings. The highest BCUT2D eigenvalue weighted by molar-refractivity contribution is 7.47. The van der Waals surface area contributed by atoms with Gasteiger partial charge in [0, 0.05) is 6.42 Å². The van der Waals surface area contributed by atoms with Crippen LogP contribution in [0.1, 0.15) is 296 Å². The number of carbonyl (C=O) groups is 1. The molecule has 0 spiro atoms. The van der Waals surface area contributed by atoms with Crippen molar-refractivity contribution in [3.05, 3.63) is 97.2 Å². The second-order valence-corrected chi connectivity index (χ2v) is 25.3. The smallest absolute Gasteiger partial charge is 0.387 e. The molecule has 0 radical (unpaired) electrons. The predicted molar refractivity (Wildman–Crippen MR) is 350 cm³/mol. The lowest BCUT2D eigenvalue weighted by Crippen LogP contribution is -2.45. The molecule has 3 unspecified atom stereocenters. The van der Waals surface area contributed by atoms with Crippen LogP contribution in [0.4, 0.5) is 0 Å². The van der Waals surface area contributed by atoms with Gasteiger partial charge in [0.15, 0.2) is 0 Å². The molecule has 0 bridgehead atoms. The number of unbranched alkanes of at least 4 members (excludes halogenated alkanes) is 34. The van der Waals surface area contributed by atoms with Crippen LogP contribution in [0, 0.1) is 0 Å². The average molecular weight is 1140 g/mol. The number of quaternary nitrogens is 1. The first-order chi connectivity index (χ1) is 39.0. The number of aliphatic hydroxyl groups excluding tert-OH is 1. The van der Waals surface area contributed by atoms with E-state index in [-0.39, 0.29) is 19.1 Å². The molecule has 0 aliphatic heterocycles. The van der Waals surface area contributed by atoms with Crippen molar-refractivity contribution in [3.63, 3.8) is 0 Å². The maximum atomic E-state index is 13.0. The fourth-order valence-electron chi connectivity index (χ4n) is 9.59. The summed E-state index contributed by atoms with van der Waals surface area (Å²) in [6, 6.07) is -0.869. The number of likely N-dealkylation sites (N-methyl/N-ethyl adjacent to an activating group) is 1. The van der Waals surface area contributed by atoms with E-state index in [0.29, 0.717) is 17.4 Å². The van der Waals surface area contributed by atoms with E-state index in [1.165, 1.54) is 199 Å². The molecule has 464 valence electrons. The van der Waals surface area contributed by atoms with Crippen molar-refractivity contribution in [3.8, 4) is 0 Å². The summed E-state index contributed by atoms with van der Waals surface area (Å²) in [5.74, 6) is -0.186. The molecule has 8 nitrogen and oxygen atoms in total. The molecule has 0 aromatic heterocycles. The van der Waals surface area contributed by atoms with E-state index in [1.54, 1.807) is 6.08 Å². The summed E-state index contributed by atoms with van der Waals surface area (Å²) in [5.41, 5.74) is 0. The number of nitrogens with zero attached hydrogens (tertiary/aromatic N) is 1. The highest BCUT2D eigenvalue weighted by Crippen LogP contribution is 2.43. The number of amides is 1. The highest BCUT2D eigenvalue weighted by Gasteiger charge is 2.28. The third kappa shape index (κ3) is 63.0. The Labute approximate surface area is 496 Å². The van der Waals surface area contributed by atoms with Crippen LogP contribution in [0.25, 0.3) is 0 Å². The Morgan fingerprint density at radius 3 is 1.15 bits per heavy atom. The fraction of sp³-hybridized carbons (Fsp3) is 0.761. The largest absolute Gasteiger partial charge is 0.472 e. The van der Waals surface area contributed by atoms with Gasteiger partial charge in [0.05, 0.1) is 39.9 Å². The standard InChI is InChI=1S/C71H129N2O6P/c1-6-8-10-12-14-16-18-20-22-24-26-28-30-31-32-33-34-35-36-37-38-39-40-41-43-45-47-49-51-53-55-57-59-61-63-65-71(75)72-69(68-79-80(76,77)78-67-66-73(3,4)5)70(74)64-62-60-58-56-54-52-50-48-46-44-42-29-27-25-23-21-19-17-15-13-11-9-7-2/h8,10,14,16,20,22,26,28,31-32,34-35,54,56,62,64,69-70,74H,6-7,9,11-13,15,17-19,21,23-25,27,29-30,33,36-53,55,57-61,63,65-68H2,1-5H3,(H-,72,75,76,77)/p+1/b10-8-,16-14-,22-20-,28-26-,32-31-,35-34-,56-54+,64-62+. The maximum absolute atomic E-state index is 13.0. The molecule has 0 aromatic rings. The highest BCUT2D eigenvalue weighted by atomic mass is 31.2. The number of hydrogen-bond acceptors (Lipinski definition) is 5. The SMILES string of the molecule is CC/C=C\C/C=C\C/C=C\C/C=C\C/C=C\C/C=C\CCCCCCCCCCCCCCCCCCC(=O)NC(COP(=O)(O)OCC[N+](C)(C)C)C(O)/C=C/CC/C=C/CCCCCCCCCCCCCCCCCCC. The van der Waals surface area contributed by atoms with Crippen molar-refractivity contribution >= 4 is 13.7 Å². The zero-order valence-corrected chi connectivity index (χ0v) is 53.9. The van der Waals surface area contributed by atoms with Crippen molar-refractivity contribution in [1.29, 1.82) is 0 Å². The Hall–Kier alpha value is -2.58. The zero-order chi connectivity index (χ0) is 58.4. The van der Waals surface area contributed by atoms with Crippen LogP contribution in [0.15, 0.2) is 97.2 Å². The lowest BCUT2D eigenvalue weighted by Gasteiger charge is -2.25. The topological polar surface area (TPSA) is 105 Å². The monoisotopic (exact) mass is 1140 g/mol. The number of rotatable bonds is 61. The summed E-state index contributed by atoms with van der Waals surface area (Å²) in [5, 5.41) is 14.0. The van der Waals surface area contributed by atoms with Gasteiger partial charge in [-0.05, 0) is 83.5 Å². The molecule has 9 heteroatoms. The lowest BCUT2D eigenvalue weighted by atomic mass is 10.0.